The van der Waals surface area contributed by atoms with E-state index in [2.05, 4.69) is 27.6 Å². The molecule has 1 unspecified atom stereocenters. The zero-order valence-corrected chi connectivity index (χ0v) is 41.8. The second-order valence-corrected chi connectivity index (χ2v) is 20.7. The molecule has 69 heavy (non-hydrogen) atoms. The van der Waals surface area contributed by atoms with E-state index in [1.807, 2.05) is 58.1 Å². The number of carbonyl (C=O) groups is 4. The van der Waals surface area contributed by atoms with Crippen LogP contribution in [0.4, 0.5) is 13.2 Å². The Bertz CT molecular complexity index is 2660. The number of amides is 3. The quantitative estimate of drug-likeness (QED) is 0.104. The molecule has 3 amide bonds. The first-order valence-corrected chi connectivity index (χ1v) is 24.2. The van der Waals surface area contributed by atoms with Gasteiger partial charge in [-0.05, 0) is 89.9 Å². The molecule has 20 heteroatoms. The Labute approximate surface area is 409 Å². The Hall–Kier alpha value is -5.30. The number of aromatic nitrogens is 3. The zero-order chi connectivity index (χ0) is 50.0. The Morgan fingerprint density at radius 2 is 1.93 bits per heavy atom. The highest BCUT2D eigenvalue weighted by Gasteiger charge is 2.38. The number of nitrogens with one attached hydrogen (secondary N) is 2. The highest BCUT2D eigenvalue weighted by atomic mass is 32.1. The standard InChI is InChI=1S/C49H59F3N8O7S2/c1-29(65-8)42-32(11-9-18-53-42)43-35-23-47(2,3)28-67-46(64)36-12-10-19-60(56-36)45(63)34(22-40-54-37(26-69-40)30-13-14-38(33(35)21-30)59(43)27-49(50,51)52)44(68)55-39(61)16-20-66-31-24-58(25-31)41(62)15-17-48(4,5)57(6)7/h9,11,13-14,18,21,26,29,31,34,36,56H,10,12,16,19-20,22-25,27-28H2,1-8H3,(H,55,61,68)/t29-,34?,36-/m0/s1. The van der Waals surface area contributed by atoms with E-state index in [4.69, 9.17) is 31.4 Å². The maximum atomic E-state index is 14.6. The molecule has 0 spiro atoms. The molecule has 1 aromatic carbocycles. The van der Waals surface area contributed by atoms with Crippen molar-refractivity contribution in [3.8, 4) is 34.4 Å². The number of thiazole rings is 1. The van der Waals surface area contributed by atoms with Gasteiger partial charge in [-0.25, -0.2) is 10.4 Å². The summed E-state index contributed by atoms with van der Waals surface area (Å²) >= 11 is 7.05. The molecule has 3 aliphatic rings. The van der Waals surface area contributed by atoms with Crippen molar-refractivity contribution in [3.63, 3.8) is 0 Å². The van der Waals surface area contributed by atoms with Crippen LogP contribution in [0.25, 0.3) is 33.4 Å². The number of benzene rings is 1. The fraction of sp³-hybridized carbons (Fsp3) is 0.531. The normalized spacial score (nSPS) is 19.6. The number of halogens is 3. The molecule has 2 saturated heterocycles. The lowest BCUT2D eigenvalue weighted by Crippen LogP contribution is -2.58. The van der Waals surface area contributed by atoms with E-state index in [0.717, 1.165) is 0 Å². The van der Waals surface area contributed by atoms with Crippen molar-refractivity contribution in [1.29, 1.82) is 0 Å². The number of hydrazine groups is 1. The average Bonchev–Trinajstić information content (AvgIpc) is 3.87. The molecule has 2 N–H and O–H groups in total. The van der Waals surface area contributed by atoms with E-state index in [1.54, 1.807) is 42.3 Å². The maximum absolute atomic E-state index is 14.6. The summed E-state index contributed by atoms with van der Waals surface area (Å²) in [5, 5.41) is 6.97. The lowest BCUT2D eigenvalue weighted by atomic mass is 9.84. The number of fused-ring (bicyclic) bond motifs is 6. The molecule has 0 radical (unpaired) electrons. The number of pyridine rings is 1. The van der Waals surface area contributed by atoms with E-state index in [1.165, 1.54) is 28.0 Å². The van der Waals surface area contributed by atoms with Crippen LogP contribution in [0.1, 0.15) is 76.3 Å². The summed E-state index contributed by atoms with van der Waals surface area (Å²) in [7, 11) is 5.29. The second kappa shape index (κ2) is 21.0. The van der Waals surface area contributed by atoms with Gasteiger partial charge in [-0.2, -0.15) is 13.2 Å². The van der Waals surface area contributed by atoms with E-state index in [0.29, 0.717) is 75.6 Å². The van der Waals surface area contributed by atoms with E-state index < -0.39 is 59.5 Å². The molecule has 370 valence electrons. The predicted octanol–water partition coefficient (Wildman–Crippen LogP) is 6.28. The van der Waals surface area contributed by atoms with E-state index in [9.17, 15) is 32.3 Å². The van der Waals surface area contributed by atoms with Gasteiger partial charge in [0.25, 0.3) is 5.91 Å². The minimum Gasteiger partial charge on any atom is -0.464 e. The van der Waals surface area contributed by atoms with Crippen molar-refractivity contribution in [3.05, 3.63) is 58.2 Å². The lowest BCUT2D eigenvalue weighted by Gasteiger charge is -2.37. The highest BCUT2D eigenvalue weighted by Crippen LogP contribution is 2.43. The number of ether oxygens (including phenoxy) is 3. The van der Waals surface area contributed by atoms with Gasteiger partial charge in [-0.15, -0.1) is 11.3 Å². The zero-order valence-electron chi connectivity index (χ0n) is 40.1. The van der Waals surface area contributed by atoms with E-state index in [-0.39, 0.29) is 56.0 Å². The number of thiocarbonyl (C=S) groups is 1. The smallest absolute Gasteiger partial charge is 0.406 e. The molecule has 3 atom stereocenters. The topological polar surface area (TPSA) is 160 Å². The van der Waals surface area contributed by atoms with Gasteiger partial charge in [0.05, 0.1) is 70.4 Å². The number of alkyl halides is 3. The summed E-state index contributed by atoms with van der Waals surface area (Å²) in [4.78, 5) is 67.1. The number of cyclic esters (lactones) is 1. The number of carbonyl (C=O) groups excluding carboxylic acids is 4. The number of hydrogen-bond acceptors (Lipinski definition) is 13. The minimum absolute atomic E-state index is 0.00220. The highest BCUT2D eigenvalue weighted by molar-refractivity contribution is 7.80. The van der Waals surface area contributed by atoms with Gasteiger partial charge >= 0.3 is 12.1 Å². The third-order valence-electron chi connectivity index (χ3n) is 12.8. The van der Waals surface area contributed by atoms with Crippen molar-refractivity contribution >= 4 is 63.1 Å². The van der Waals surface area contributed by atoms with Crippen LogP contribution in [0.2, 0.25) is 0 Å². The van der Waals surface area contributed by atoms with Crippen molar-refractivity contribution in [2.45, 2.75) is 103 Å². The Morgan fingerprint density at radius 3 is 2.64 bits per heavy atom. The van der Waals surface area contributed by atoms with Crippen LogP contribution in [0.3, 0.4) is 0 Å². The molecule has 7 rings (SSSR count). The Balaban J connectivity index is 1.17. The second-order valence-electron chi connectivity index (χ2n) is 19.3. The molecule has 6 bridgehead atoms. The lowest BCUT2D eigenvalue weighted by molar-refractivity contribution is -0.155. The number of likely N-dealkylation sites (tertiary alicyclic amines) is 1. The molecular weight excluding hydrogens is 934 g/mol. The first-order valence-electron chi connectivity index (χ1n) is 22.9. The first kappa shape index (κ1) is 51.5. The monoisotopic (exact) mass is 992 g/mol. The molecule has 15 nitrogen and oxygen atoms in total. The Morgan fingerprint density at radius 1 is 1.17 bits per heavy atom. The van der Waals surface area contributed by atoms with Crippen molar-refractivity contribution in [1.82, 2.24) is 40.1 Å². The van der Waals surface area contributed by atoms with Crippen LogP contribution in [-0.4, -0.2) is 136 Å². The molecular formula is C49H59F3N8O7S2. The predicted molar refractivity (Wildman–Crippen MR) is 258 cm³/mol. The fourth-order valence-electron chi connectivity index (χ4n) is 8.38. The molecule has 4 aromatic rings. The van der Waals surface area contributed by atoms with Gasteiger partial charge in [0.2, 0.25) is 11.8 Å². The number of hydrogen-bond donors (Lipinski definition) is 2. The van der Waals surface area contributed by atoms with Crippen molar-refractivity contribution < 1.29 is 46.6 Å². The number of esters is 1. The molecule has 6 heterocycles. The van der Waals surface area contributed by atoms with Gasteiger partial charge in [-0.3, -0.25) is 34.1 Å². The van der Waals surface area contributed by atoms with Crippen LogP contribution in [0.15, 0.2) is 41.9 Å². The van der Waals surface area contributed by atoms with E-state index >= 15 is 0 Å². The number of nitrogens with zero attached hydrogens (tertiary/aromatic N) is 6. The van der Waals surface area contributed by atoms with Crippen molar-refractivity contribution in [2.75, 3.05) is 54.1 Å². The summed E-state index contributed by atoms with van der Waals surface area (Å²) in [5.74, 6) is 2.79. The molecule has 3 aromatic heterocycles. The van der Waals surface area contributed by atoms with Crippen LogP contribution in [0.5, 0.6) is 0 Å². The SMILES string of the molecule is CO[C@@H](C)c1ncccc1-c1c2c3cc(ccc3n1CC(F)(F)F)-c1csc(n1)CC(C(=S)NC(=O)CCOC1CN(C(=O)C#CC(C)(C)N(C)C)C1)C(=O)N1CCC[C@H](N1)C(=O)OCC(C)(C)C2. The third kappa shape index (κ3) is 12.2. The van der Waals surface area contributed by atoms with Gasteiger partial charge in [0.1, 0.15) is 12.6 Å². The van der Waals surface area contributed by atoms with Crippen LogP contribution in [0, 0.1) is 23.2 Å². The third-order valence-corrected chi connectivity index (χ3v) is 14.1. The molecule has 3 aliphatic heterocycles. The molecule has 0 saturated carbocycles. The van der Waals surface area contributed by atoms with Crippen molar-refractivity contribution in [2.24, 2.45) is 11.3 Å². The van der Waals surface area contributed by atoms with Crippen LogP contribution >= 0.6 is 23.6 Å². The largest absolute Gasteiger partial charge is 0.464 e. The van der Waals surface area contributed by atoms with Crippen LogP contribution < -0.4 is 10.7 Å². The number of rotatable bonds is 10. The Kier molecular flexibility index (Phi) is 15.7. The van der Waals surface area contributed by atoms with Gasteiger partial charge in [0, 0.05) is 72.2 Å². The maximum Gasteiger partial charge on any atom is 0.406 e. The van der Waals surface area contributed by atoms with Gasteiger partial charge in [0.15, 0.2) is 0 Å². The average molecular weight is 993 g/mol. The first-order chi connectivity index (χ1) is 32.5. The summed E-state index contributed by atoms with van der Waals surface area (Å²) in [6, 6.07) is 7.76. The molecule has 0 aliphatic carbocycles. The van der Waals surface area contributed by atoms with Gasteiger partial charge < -0.3 is 29.0 Å². The summed E-state index contributed by atoms with van der Waals surface area (Å²) in [6.07, 6.45) is -2.83. The van der Waals surface area contributed by atoms with Crippen LogP contribution in [-0.2, 0) is 52.8 Å². The fourth-order valence-corrected chi connectivity index (χ4v) is 9.53. The summed E-state index contributed by atoms with van der Waals surface area (Å²) in [5.41, 5.74) is 5.18. The summed E-state index contributed by atoms with van der Waals surface area (Å²) in [6.45, 7) is 9.04. The minimum atomic E-state index is -4.59. The van der Waals surface area contributed by atoms with Gasteiger partial charge in [-0.1, -0.05) is 38.1 Å². The molecule has 2 fully saturated rings. The summed E-state index contributed by atoms with van der Waals surface area (Å²) < 4.78 is 62.6. The number of methoxy groups -OCH3 is 1.